The van der Waals surface area contributed by atoms with Crippen molar-refractivity contribution in [2.75, 3.05) is 6.61 Å². The molecule has 3 nitrogen and oxygen atoms in total. The van der Waals surface area contributed by atoms with Gasteiger partial charge in [-0.25, -0.2) is 0 Å². The first-order valence-corrected chi connectivity index (χ1v) is 5.95. The summed E-state index contributed by atoms with van der Waals surface area (Å²) in [5.41, 5.74) is 0. The van der Waals surface area contributed by atoms with E-state index in [0.29, 0.717) is 12.7 Å². The maximum Gasteiger partial charge on any atom is 0.308 e. The Bertz CT molecular complexity index is 193. The van der Waals surface area contributed by atoms with Crippen LogP contribution in [-0.2, 0) is 14.3 Å². The molecule has 0 aromatic heterocycles. The first-order chi connectivity index (χ1) is 7.13. The number of ether oxygens (including phenoxy) is 2. The molecular weight excluding hydrogens is 192 g/mol. The van der Waals surface area contributed by atoms with Gasteiger partial charge >= 0.3 is 5.97 Å². The van der Waals surface area contributed by atoms with Gasteiger partial charge in [0.15, 0.2) is 0 Å². The van der Waals surface area contributed by atoms with E-state index in [1.807, 2.05) is 6.92 Å². The van der Waals surface area contributed by atoms with Gasteiger partial charge in [-0.05, 0) is 46.5 Å². The molecule has 0 heterocycles. The van der Waals surface area contributed by atoms with Crippen molar-refractivity contribution < 1.29 is 14.3 Å². The van der Waals surface area contributed by atoms with Crippen molar-refractivity contribution in [3.05, 3.63) is 0 Å². The monoisotopic (exact) mass is 214 g/mol. The Morgan fingerprint density at radius 1 is 1.27 bits per heavy atom. The molecule has 0 aromatic carbocycles. The zero-order valence-corrected chi connectivity index (χ0v) is 9.99. The molecule has 0 aromatic rings. The smallest absolute Gasteiger partial charge is 0.308 e. The second kappa shape index (κ2) is 6.11. The van der Waals surface area contributed by atoms with Crippen LogP contribution in [0, 0.1) is 5.92 Å². The maximum atomic E-state index is 11.5. The average molecular weight is 214 g/mol. The van der Waals surface area contributed by atoms with Crippen molar-refractivity contribution in [3.8, 4) is 0 Å². The average Bonchev–Trinajstić information content (AvgIpc) is 2.18. The summed E-state index contributed by atoms with van der Waals surface area (Å²) >= 11 is 0. The Hall–Kier alpha value is -0.570. The van der Waals surface area contributed by atoms with E-state index in [0.717, 1.165) is 25.7 Å². The summed E-state index contributed by atoms with van der Waals surface area (Å²) < 4.78 is 10.7. The summed E-state index contributed by atoms with van der Waals surface area (Å²) in [6.07, 6.45) is 4.43. The summed E-state index contributed by atoms with van der Waals surface area (Å²) in [7, 11) is 0. The summed E-state index contributed by atoms with van der Waals surface area (Å²) in [4.78, 5) is 11.5. The molecule has 1 aliphatic carbocycles. The van der Waals surface area contributed by atoms with Crippen LogP contribution in [-0.4, -0.2) is 24.8 Å². The van der Waals surface area contributed by atoms with Gasteiger partial charge in [0.2, 0.25) is 0 Å². The highest BCUT2D eigenvalue weighted by Gasteiger charge is 2.27. The summed E-state index contributed by atoms with van der Waals surface area (Å²) in [5, 5.41) is 0. The molecule has 0 bridgehead atoms. The van der Waals surface area contributed by atoms with Crippen LogP contribution in [0.2, 0.25) is 0 Å². The van der Waals surface area contributed by atoms with Crippen LogP contribution >= 0.6 is 0 Å². The lowest BCUT2D eigenvalue weighted by Gasteiger charge is -2.28. The highest BCUT2D eigenvalue weighted by Crippen LogP contribution is 2.27. The van der Waals surface area contributed by atoms with E-state index in [2.05, 4.69) is 13.8 Å². The zero-order chi connectivity index (χ0) is 11.3. The second-order valence-electron chi connectivity index (χ2n) is 4.41. The van der Waals surface area contributed by atoms with E-state index >= 15 is 0 Å². The fourth-order valence-electron chi connectivity index (χ4n) is 2.08. The summed E-state index contributed by atoms with van der Waals surface area (Å²) in [6.45, 7) is 6.45. The predicted octanol–water partition coefficient (Wildman–Crippen LogP) is 2.53. The Kier molecular flexibility index (Phi) is 5.09. The number of carbonyl (C=O) groups excluding carboxylic acids is 1. The van der Waals surface area contributed by atoms with Gasteiger partial charge in [-0.3, -0.25) is 4.79 Å². The number of rotatable bonds is 4. The molecule has 1 saturated carbocycles. The summed E-state index contributed by atoms with van der Waals surface area (Å²) in [5.74, 6) is 0.0810. The third-order valence-electron chi connectivity index (χ3n) is 2.76. The standard InChI is InChI=1S/C12H22O3/c1-4-14-12(13)10-5-7-11(8-6-10)15-9(2)3/h9-11H,4-8H2,1-3H3/t10-,11-. The van der Waals surface area contributed by atoms with Crippen LogP contribution in [0.1, 0.15) is 46.5 Å². The van der Waals surface area contributed by atoms with Gasteiger partial charge in [-0.15, -0.1) is 0 Å². The largest absolute Gasteiger partial charge is 0.466 e. The van der Waals surface area contributed by atoms with Gasteiger partial charge in [0.1, 0.15) is 0 Å². The SMILES string of the molecule is CCOC(=O)[C@H]1CC[C@H](OC(C)C)CC1. The van der Waals surface area contributed by atoms with E-state index in [1.165, 1.54) is 0 Å². The van der Waals surface area contributed by atoms with Gasteiger partial charge in [-0.1, -0.05) is 0 Å². The minimum Gasteiger partial charge on any atom is -0.466 e. The van der Waals surface area contributed by atoms with Gasteiger partial charge < -0.3 is 9.47 Å². The van der Waals surface area contributed by atoms with Crippen LogP contribution in [0.15, 0.2) is 0 Å². The van der Waals surface area contributed by atoms with Crippen molar-refractivity contribution >= 4 is 5.97 Å². The first-order valence-electron chi connectivity index (χ1n) is 5.95. The molecule has 0 radical (unpaired) electrons. The highest BCUT2D eigenvalue weighted by molar-refractivity contribution is 5.72. The van der Waals surface area contributed by atoms with Crippen LogP contribution in [0.25, 0.3) is 0 Å². The maximum absolute atomic E-state index is 11.5. The molecule has 0 unspecified atom stereocenters. The topological polar surface area (TPSA) is 35.5 Å². The molecule has 15 heavy (non-hydrogen) atoms. The van der Waals surface area contributed by atoms with Crippen LogP contribution < -0.4 is 0 Å². The second-order valence-corrected chi connectivity index (χ2v) is 4.41. The highest BCUT2D eigenvalue weighted by atomic mass is 16.5. The molecule has 0 spiro atoms. The van der Waals surface area contributed by atoms with Crippen LogP contribution in [0.5, 0.6) is 0 Å². The van der Waals surface area contributed by atoms with Crippen molar-refractivity contribution in [1.29, 1.82) is 0 Å². The number of esters is 1. The fraction of sp³-hybridized carbons (Fsp3) is 0.917. The van der Waals surface area contributed by atoms with Crippen LogP contribution in [0.4, 0.5) is 0 Å². The van der Waals surface area contributed by atoms with Crippen molar-refractivity contribution in [2.45, 2.75) is 58.7 Å². The lowest BCUT2D eigenvalue weighted by atomic mass is 9.87. The molecule has 88 valence electrons. The summed E-state index contributed by atoms with van der Waals surface area (Å²) in [6, 6.07) is 0. The van der Waals surface area contributed by atoms with E-state index in [-0.39, 0.29) is 18.0 Å². The Morgan fingerprint density at radius 2 is 1.87 bits per heavy atom. The molecular formula is C12H22O3. The molecule has 0 amide bonds. The Labute approximate surface area is 92.1 Å². The molecule has 0 saturated heterocycles. The first kappa shape index (κ1) is 12.5. The van der Waals surface area contributed by atoms with E-state index in [1.54, 1.807) is 0 Å². The quantitative estimate of drug-likeness (QED) is 0.675. The molecule has 1 rings (SSSR count). The van der Waals surface area contributed by atoms with Gasteiger partial charge in [0.05, 0.1) is 24.7 Å². The van der Waals surface area contributed by atoms with Gasteiger partial charge in [0.25, 0.3) is 0 Å². The number of carbonyl (C=O) groups is 1. The van der Waals surface area contributed by atoms with E-state index < -0.39 is 0 Å². The molecule has 0 aliphatic heterocycles. The zero-order valence-electron chi connectivity index (χ0n) is 9.99. The molecule has 1 aliphatic rings. The molecule has 0 N–H and O–H groups in total. The molecule has 1 fully saturated rings. The van der Waals surface area contributed by atoms with Crippen molar-refractivity contribution in [3.63, 3.8) is 0 Å². The Balaban J connectivity index is 2.26. The van der Waals surface area contributed by atoms with E-state index in [4.69, 9.17) is 9.47 Å². The number of hydrogen-bond donors (Lipinski definition) is 0. The van der Waals surface area contributed by atoms with Crippen LogP contribution in [0.3, 0.4) is 0 Å². The van der Waals surface area contributed by atoms with E-state index in [9.17, 15) is 4.79 Å². The Morgan fingerprint density at radius 3 is 2.33 bits per heavy atom. The normalized spacial score (nSPS) is 26.7. The van der Waals surface area contributed by atoms with Gasteiger partial charge in [0, 0.05) is 0 Å². The lowest BCUT2D eigenvalue weighted by Crippen LogP contribution is -2.28. The third-order valence-corrected chi connectivity index (χ3v) is 2.76. The lowest BCUT2D eigenvalue weighted by molar-refractivity contribution is -0.150. The minimum absolute atomic E-state index is 0.0273. The minimum atomic E-state index is -0.0273. The molecule has 0 atom stereocenters. The van der Waals surface area contributed by atoms with Crippen molar-refractivity contribution in [2.24, 2.45) is 5.92 Å². The van der Waals surface area contributed by atoms with Gasteiger partial charge in [-0.2, -0.15) is 0 Å². The van der Waals surface area contributed by atoms with Crippen molar-refractivity contribution in [1.82, 2.24) is 0 Å². The fourth-order valence-corrected chi connectivity index (χ4v) is 2.08. The molecule has 3 heteroatoms. The number of hydrogen-bond acceptors (Lipinski definition) is 3. The third kappa shape index (κ3) is 4.20. The predicted molar refractivity (Wildman–Crippen MR) is 58.6 cm³/mol.